The molecule has 0 saturated heterocycles. The predicted octanol–water partition coefficient (Wildman–Crippen LogP) is 19.8. The van der Waals surface area contributed by atoms with Crippen LogP contribution in [0.3, 0.4) is 0 Å². The summed E-state index contributed by atoms with van der Waals surface area (Å²) >= 11 is 0. The van der Waals surface area contributed by atoms with Crippen LogP contribution in [0.4, 0.5) is 34.1 Å². The first-order valence-corrected chi connectivity index (χ1v) is 26.0. The van der Waals surface area contributed by atoms with Gasteiger partial charge in [0.2, 0.25) is 0 Å². The van der Waals surface area contributed by atoms with E-state index in [0.29, 0.717) is 0 Å². The molecule has 2 heterocycles. The molecule has 0 radical (unpaired) electrons. The SMILES string of the molecule is c1ccc(N(c2ccccc2)c2cccc3c2c2ccccc2n3-c2ccc(-c3ccc(-c4ccc(-c5ccc(-n6c7ccccc7c7c(N(c8ccccc8)c8ccccc8)cccc76)cc5)cc4)cc3)cc2)cc1. The molecule has 0 spiro atoms. The van der Waals surface area contributed by atoms with Gasteiger partial charge < -0.3 is 18.9 Å². The van der Waals surface area contributed by atoms with E-state index in [1.54, 1.807) is 0 Å². The molecular formula is C72H50N4. The van der Waals surface area contributed by atoms with E-state index in [9.17, 15) is 0 Å². The average Bonchev–Trinajstić information content (AvgIpc) is 4.06. The highest BCUT2D eigenvalue weighted by Gasteiger charge is 2.23. The van der Waals surface area contributed by atoms with E-state index in [-0.39, 0.29) is 0 Å². The van der Waals surface area contributed by atoms with Crippen molar-refractivity contribution in [2.24, 2.45) is 0 Å². The van der Waals surface area contributed by atoms with Gasteiger partial charge in [-0.05, 0) is 143 Å². The van der Waals surface area contributed by atoms with Gasteiger partial charge in [-0.1, -0.05) is 194 Å². The fourth-order valence-corrected chi connectivity index (χ4v) is 11.4. The normalized spacial score (nSPS) is 11.4. The van der Waals surface area contributed by atoms with Crippen LogP contribution < -0.4 is 9.80 Å². The molecule has 0 bridgehead atoms. The Morgan fingerprint density at radius 3 is 0.750 bits per heavy atom. The van der Waals surface area contributed by atoms with Gasteiger partial charge in [0.15, 0.2) is 0 Å². The number of anilines is 6. The summed E-state index contributed by atoms with van der Waals surface area (Å²) in [6, 6.07) is 109. The average molecular weight is 971 g/mol. The molecule has 2 aromatic heterocycles. The summed E-state index contributed by atoms with van der Waals surface area (Å²) in [7, 11) is 0. The summed E-state index contributed by atoms with van der Waals surface area (Å²) in [4.78, 5) is 4.74. The van der Waals surface area contributed by atoms with Gasteiger partial charge in [-0.15, -0.1) is 0 Å². The van der Waals surface area contributed by atoms with E-state index < -0.39 is 0 Å². The number of nitrogens with zero attached hydrogens (tertiary/aromatic N) is 4. The molecule has 14 aromatic rings. The largest absolute Gasteiger partial charge is 0.310 e. The van der Waals surface area contributed by atoms with Crippen molar-refractivity contribution in [3.05, 3.63) is 303 Å². The Kier molecular flexibility index (Phi) is 11.2. The summed E-state index contributed by atoms with van der Waals surface area (Å²) in [6.45, 7) is 0. The van der Waals surface area contributed by atoms with Crippen molar-refractivity contribution in [1.29, 1.82) is 0 Å². The Bertz CT molecular complexity index is 3970. The minimum atomic E-state index is 1.12. The number of hydrogen-bond acceptors (Lipinski definition) is 2. The van der Waals surface area contributed by atoms with Crippen molar-refractivity contribution in [3.8, 4) is 44.8 Å². The van der Waals surface area contributed by atoms with Gasteiger partial charge in [0, 0.05) is 55.7 Å². The first-order chi connectivity index (χ1) is 37.7. The molecule has 358 valence electrons. The molecule has 0 N–H and O–H groups in total. The van der Waals surface area contributed by atoms with Crippen molar-refractivity contribution in [1.82, 2.24) is 9.13 Å². The van der Waals surface area contributed by atoms with E-state index in [2.05, 4.69) is 322 Å². The molecule has 0 fully saturated rings. The second kappa shape index (κ2) is 19.0. The standard InChI is InChI=1S/C72H50N4/c1-5-19-57(20-6-1)73(58-21-7-2-8-22-58)67-31-17-33-69-71(67)63-27-13-15-29-65(63)75(69)61-47-43-55(44-48-61)53-39-35-51(36-40-53)52-37-41-54(42-38-52)56-45-49-62(50-46-56)76-66-30-16-14-28-64(66)72-68(32-18-34-70(72)76)74(59-23-9-3-10-24-59)60-25-11-4-12-26-60/h1-50H. The molecule has 0 amide bonds. The monoisotopic (exact) mass is 970 g/mol. The smallest absolute Gasteiger partial charge is 0.0562 e. The molecular weight excluding hydrogens is 921 g/mol. The molecule has 0 aliphatic rings. The van der Waals surface area contributed by atoms with Crippen LogP contribution in [-0.2, 0) is 0 Å². The van der Waals surface area contributed by atoms with E-state index in [0.717, 1.165) is 45.5 Å². The summed E-state index contributed by atoms with van der Waals surface area (Å²) in [5, 5.41) is 4.88. The zero-order valence-electron chi connectivity index (χ0n) is 41.7. The zero-order chi connectivity index (χ0) is 50.4. The van der Waals surface area contributed by atoms with Crippen LogP contribution in [0.2, 0.25) is 0 Å². The van der Waals surface area contributed by atoms with Gasteiger partial charge in [0.25, 0.3) is 0 Å². The molecule has 14 rings (SSSR count). The Balaban J connectivity index is 0.730. The predicted molar refractivity (Wildman–Crippen MR) is 321 cm³/mol. The Morgan fingerprint density at radius 1 is 0.197 bits per heavy atom. The fraction of sp³-hybridized carbons (Fsp3) is 0. The summed E-state index contributed by atoms with van der Waals surface area (Å²) in [5.74, 6) is 0. The number of aromatic nitrogens is 2. The van der Waals surface area contributed by atoms with Gasteiger partial charge in [0.1, 0.15) is 0 Å². The maximum absolute atomic E-state index is 2.40. The number of para-hydroxylation sites is 6. The molecule has 12 aromatic carbocycles. The zero-order valence-corrected chi connectivity index (χ0v) is 41.7. The lowest BCUT2D eigenvalue weighted by Crippen LogP contribution is -2.10. The van der Waals surface area contributed by atoms with Crippen molar-refractivity contribution < 1.29 is 0 Å². The second-order valence-corrected chi connectivity index (χ2v) is 19.3. The van der Waals surface area contributed by atoms with E-state index in [4.69, 9.17) is 0 Å². The van der Waals surface area contributed by atoms with E-state index >= 15 is 0 Å². The van der Waals surface area contributed by atoms with Crippen LogP contribution >= 0.6 is 0 Å². The molecule has 0 aliphatic heterocycles. The Hall–Kier alpha value is -10.2. The minimum absolute atomic E-state index is 1.12. The van der Waals surface area contributed by atoms with Crippen LogP contribution in [0.25, 0.3) is 88.4 Å². The maximum atomic E-state index is 2.40. The van der Waals surface area contributed by atoms with Crippen LogP contribution in [0.1, 0.15) is 0 Å². The number of benzene rings is 12. The Morgan fingerprint density at radius 2 is 0.447 bits per heavy atom. The second-order valence-electron chi connectivity index (χ2n) is 19.3. The topological polar surface area (TPSA) is 16.3 Å². The lowest BCUT2D eigenvalue weighted by molar-refractivity contribution is 1.18. The fourth-order valence-electron chi connectivity index (χ4n) is 11.4. The molecule has 0 unspecified atom stereocenters. The molecule has 0 aliphatic carbocycles. The van der Waals surface area contributed by atoms with Crippen LogP contribution in [-0.4, -0.2) is 9.13 Å². The van der Waals surface area contributed by atoms with Gasteiger partial charge in [-0.3, -0.25) is 0 Å². The van der Waals surface area contributed by atoms with Crippen molar-refractivity contribution in [3.63, 3.8) is 0 Å². The lowest BCUT2D eigenvalue weighted by atomic mass is 9.98. The highest BCUT2D eigenvalue weighted by atomic mass is 15.2. The molecule has 76 heavy (non-hydrogen) atoms. The van der Waals surface area contributed by atoms with Crippen molar-refractivity contribution in [2.45, 2.75) is 0 Å². The molecule has 4 heteroatoms. The summed E-state index contributed by atoms with van der Waals surface area (Å²) in [6.07, 6.45) is 0. The van der Waals surface area contributed by atoms with Crippen LogP contribution in [0.5, 0.6) is 0 Å². The highest BCUT2D eigenvalue weighted by molar-refractivity contribution is 6.18. The summed E-state index contributed by atoms with van der Waals surface area (Å²) < 4.78 is 4.81. The maximum Gasteiger partial charge on any atom is 0.0562 e. The third kappa shape index (κ3) is 7.79. The third-order valence-electron chi connectivity index (χ3n) is 14.9. The van der Waals surface area contributed by atoms with E-state index in [1.807, 2.05) is 0 Å². The number of hydrogen-bond donors (Lipinski definition) is 0. The minimum Gasteiger partial charge on any atom is -0.310 e. The van der Waals surface area contributed by atoms with Crippen LogP contribution in [0, 0.1) is 0 Å². The third-order valence-corrected chi connectivity index (χ3v) is 14.9. The summed E-state index contributed by atoms with van der Waals surface area (Å²) in [5.41, 5.74) is 20.8. The van der Waals surface area contributed by atoms with Crippen LogP contribution in [0.15, 0.2) is 303 Å². The molecule has 0 atom stereocenters. The van der Waals surface area contributed by atoms with Crippen molar-refractivity contribution >= 4 is 77.7 Å². The highest BCUT2D eigenvalue weighted by Crippen LogP contribution is 2.46. The van der Waals surface area contributed by atoms with Crippen molar-refractivity contribution in [2.75, 3.05) is 9.80 Å². The number of fused-ring (bicyclic) bond motifs is 6. The Labute approximate surface area is 442 Å². The van der Waals surface area contributed by atoms with E-state index in [1.165, 1.54) is 77.0 Å². The van der Waals surface area contributed by atoms with Gasteiger partial charge in [0.05, 0.1) is 33.4 Å². The molecule has 0 saturated carbocycles. The first-order valence-electron chi connectivity index (χ1n) is 26.0. The molecule has 4 nitrogen and oxygen atoms in total. The van der Waals surface area contributed by atoms with Gasteiger partial charge in [-0.25, -0.2) is 0 Å². The quantitative estimate of drug-likeness (QED) is 0.128. The lowest BCUT2D eigenvalue weighted by Gasteiger charge is -2.26. The van der Waals surface area contributed by atoms with Gasteiger partial charge in [-0.2, -0.15) is 0 Å². The van der Waals surface area contributed by atoms with Gasteiger partial charge >= 0.3 is 0 Å². The number of rotatable bonds is 11. The first kappa shape index (κ1) is 44.5.